The van der Waals surface area contributed by atoms with Crippen molar-refractivity contribution >= 4 is 16.8 Å². The first-order chi connectivity index (χ1) is 17.0. The molecule has 0 aliphatic heterocycles. The van der Waals surface area contributed by atoms with Crippen LogP contribution in [0.5, 0.6) is 5.75 Å². The Hall–Kier alpha value is -3.15. The van der Waals surface area contributed by atoms with E-state index in [4.69, 9.17) is 9.72 Å². The van der Waals surface area contributed by atoms with Crippen molar-refractivity contribution in [3.8, 4) is 11.4 Å². The second-order valence-electron chi connectivity index (χ2n) is 8.96. The van der Waals surface area contributed by atoms with Gasteiger partial charge in [-0.2, -0.15) is 0 Å². The summed E-state index contributed by atoms with van der Waals surface area (Å²) >= 11 is 0. The number of carbonyl (C=O) groups is 1. The van der Waals surface area contributed by atoms with Crippen molar-refractivity contribution in [2.24, 2.45) is 0 Å². The zero-order chi connectivity index (χ0) is 25.2. The standard InChI is InChI=1S/C29H39N3O3/c1-5-8-9-10-11-20-27(33)31(21-6-2)22(4)28-30-24-17-13-12-16-23(24)29(34)32(28)25-18-14-15-19-26(25)35-7-3/h12-19,22H,5-11,20-21H2,1-4H3. The van der Waals surface area contributed by atoms with Crippen LogP contribution in [-0.4, -0.2) is 33.5 Å². The molecule has 3 rings (SSSR count). The lowest BCUT2D eigenvalue weighted by molar-refractivity contribution is -0.133. The molecule has 6 nitrogen and oxygen atoms in total. The van der Waals surface area contributed by atoms with Crippen molar-refractivity contribution in [1.82, 2.24) is 14.5 Å². The van der Waals surface area contributed by atoms with Gasteiger partial charge in [0.25, 0.3) is 5.56 Å². The molecule has 0 saturated heterocycles. The Balaban J connectivity index is 2.08. The van der Waals surface area contributed by atoms with E-state index in [9.17, 15) is 9.59 Å². The number of amides is 1. The van der Waals surface area contributed by atoms with Crippen molar-refractivity contribution in [2.45, 2.75) is 78.7 Å². The fourth-order valence-electron chi connectivity index (χ4n) is 4.52. The van der Waals surface area contributed by atoms with Crippen LogP contribution in [0.1, 0.15) is 84.5 Å². The van der Waals surface area contributed by atoms with E-state index < -0.39 is 0 Å². The van der Waals surface area contributed by atoms with Crippen LogP contribution in [0.25, 0.3) is 16.6 Å². The van der Waals surface area contributed by atoms with Gasteiger partial charge in [-0.05, 0) is 51.0 Å². The molecule has 1 atom stereocenters. The first-order valence-corrected chi connectivity index (χ1v) is 13.1. The Morgan fingerprint density at radius 2 is 1.69 bits per heavy atom. The molecule has 0 saturated carbocycles. The van der Waals surface area contributed by atoms with Gasteiger partial charge >= 0.3 is 0 Å². The predicted molar refractivity (Wildman–Crippen MR) is 142 cm³/mol. The van der Waals surface area contributed by atoms with E-state index >= 15 is 0 Å². The fraction of sp³-hybridized carbons (Fsp3) is 0.483. The molecule has 0 N–H and O–H groups in total. The predicted octanol–water partition coefficient (Wildman–Crippen LogP) is 6.44. The first kappa shape index (κ1) is 26.5. The molecular formula is C29H39N3O3. The highest BCUT2D eigenvalue weighted by molar-refractivity contribution is 5.79. The average Bonchev–Trinajstić information content (AvgIpc) is 2.87. The number of ether oxygens (including phenoxy) is 1. The third kappa shape index (κ3) is 6.30. The number of fused-ring (bicyclic) bond motifs is 1. The van der Waals surface area contributed by atoms with Crippen LogP contribution in [0, 0.1) is 0 Å². The molecule has 0 aliphatic carbocycles. The van der Waals surface area contributed by atoms with Gasteiger partial charge in [0, 0.05) is 13.0 Å². The van der Waals surface area contributed by atoms with Crippen molar-refractivity contribution in [3.05, 3.63) is 64.7 Å². The van der Waals surface area contributed by atoms with Gasteiger partial charge < -0.3 is 9.64 Å². The van der Waals surface area contributed by atoms with Gasteiger partial charge in [-0.3, -0.25) is 14.2 Å². The maximum Gasteiger partial charge on any atom is 0.266 e. The largest absolute Gasteiger partial charge is 0.492 e. The number of nitrogens with zero attached hydrogens (tertiary/aromatic N) is 3. The topological polar surface area (TPSA) is 64.4 Å². The van der Waals surface area contributed by atoms with E-state index in [1.165, 1.54) is 12.8 Å². The number of unbranched alkanes of at least 4 members (excludes halogenated alkanes) is 4. The second-order valence-corrected chi connectivity index (χ2v) is 8.96. The monoisotopic (exact) mass is 477 g/mol. The lowest BCUT2D eigenvalue weighted by Gasteiger charge is -2.30. The summed E-state index contributed by atoms with van der Waals surface area (Å²) in [6, 6.07) is 14.5. The molecule has 1 heterocycles. The normalized spacial score (nSPS) is 12.0. The summed E-state index contributed by atoms with van der Waals surface area (Å²) in [6.07, 6.45) is 6.84. The summed E-state index contributed by atoms with van der Waals surface area (Å²) in [5, 5.41) is 0.541. The molecule has 1 amide bonds. The smallest absolute Gasteiger partial charge is 0.266 e. The van der Waals surface area contributed by atoms with Crippen LogP contribution in [0.3, 0.4) is 0 Å². The van der Waals surface area contributed by atoms with Gasteiger partial charge in [-0.25, -0.2) is 4.98 Å². The minimum absolute atomic E-state index is 0.114. The molecule has 0 aliphatic rings. The number of aromatic nitrogens is 2. The Kier molecular flexibility index (Phi) is 9.88. The van der Waals surface area contributed by atoms with E-state index in [1.54, 1.807) is 10.6 Å². The number of hydrogen-bond donors (Lipinski definition) is 0. The summed E-state index contributed by atoms with van der Waals surface area (Å²) in [5.74, 6) is 1.28. The van der Waals surface area contributed by atoms with Crippen LogP contribution in [0.4, 0.5) is 0 Å². The van der Waals surface area contributed by atoms with E-state index in [1.807, 2.05) is 61.2 Å². The van der Waals surface area contributed by atoms with Crippen molar-refractivity contribution in [2.75, 3.05) is 13.2 Å². The molecule has 0 spiro atoms. The maximum atomic E-state index is 13.8. The molecule has 2 aromatic carbocycles. The van der Waals surface area contributed by atoms with Crippen LogP contribution in [-0.2, 0) is 4.79 Å². The molecule has 35 heavy (non-hydrogen) atoms. The zero-order valence-electron chi connectivity index (χ0n) is 21.6. The quantitative estimate of drug-likeness (QED) is 0.266. The number of hydrogen-bond acceptors (Lipinski definition) is 4. The van der Waals surface area contributed by atoms with Crippen LogP contribution in [0.15, 0.2) is 53.3 Å². The number of rotatable bonds is 13. The van der Waals surface area contributed by atoms with E-state index in [2.05, 4.69) is 13.8 Å². The van der Waals surface area contributed by atoms with Gasteiger partial charge in [-0.15, -0.1) is 0 Å². The van der Waals surface area contributed by atoms with Crippen molar-refractivity contribution < 1.29 is 9.53 Å². The summed E-state index contributed by atoms with van der Waals surface area (Å²) in [4.78, 5) is 33.9. The Morgan fingerprint density at radius 3 is 2.43 bits per heavy atom. The minimum Gasteiger partial charge on any atom is -0.492 e. The van der Waals surface area contributed by atoms with Crippen molar-refractivity contribution in [3.63, 3.8) is 0 Å². The van der Waals surface area contributed by atoms with Gasteiger partial charge in [0.2, 0.25) is 5.91 Å². The van der Waals surface area contributed by atoms with Gasteiger partial charge in [0.1, 0.15) is 11.6 Å². The molecule has 0 radical (unpaired) electrons. The summed E-state index contributed by atoms with van der Waals surface area (Å²) < 4.78 is 7.50. The molecule has 0 bridgehead atoms. The van der Waals surface area contributed by atoms with Crippen LogP contribution >= 0.6 is 0 Å². The van der Waals surface area contributed by atoms with Crippen LogP contribution < -0.4 is 10.3 Å². The Bertz CT molecular complexity index is 1170. The average molecular weight is 478 g/mol. The number of benzene rings is 2. The molecule has 1 unspecified atom stereocenters. The lowest BCUT2D eigenvalue weighted by atomic mass is 10.1. The van der Waals surface area contributed by atoms with Crippen molar-refractivity contribution in [1.29, 1.82) is 0 Å². The summed E-state index contributed by atoms with van der Waals surface area (Å²) in [5.41, 5.74) is 1.11. The zero-order valence-corrected chi connectivity index (χ0v) is 21.6. The highest BCUT2D eigenvalue weighted by Gasteiger charge is 2.27. The third-order valence-electron chi connectivity index (χ3n) is 6.33. The van der Waals surface area contributed by atoms with E-state index in [0.717, 1.165) is 25.7 Å². The Morgan fingerprint density at radius 1 is 0.971 bits per heavy atom. The highest BCUT2D eigenvalue weighted by Crippen LogP contribution is 2.28. The van der Waals surface area contributed by atoms with E-state index in [-0.39, 0.29) is 17.5 Å². The Labute approximate surface area is 208 Å². The molecule has 3 aromatic rings. The first-order valence-electron chi connectivity index (χ1n) is 13.1. The summed E-state index contributed by atoms with van der Waals surface area (Å²) in [6.45, 7) is 9.25. The fourth-order valence-corrected chi connectivity index (χ4v) is 4.52. The number of para-hydroxylation sites is 3. The van der Waals surface area contributed by atoms with E-state index in [0.29, 0.717) is 47.7 Å². The van der Waals surface area contributed by atoms with Crippen LogP contribution in [0.2, 0.25) is 0 Å². The second kappa shape index (κ2) is 13.1. The summed E-state index contributed by atoms with van der Waals surface area (Å²) in [7, 11) is 0. The molecule has 1 aromatic heterocycles. The SMILES string of the molecule is CCCCCCCC(=O)N(CCC)C(C)c1nc2ccccc2c(=O)n1-c1ccccc1OCC. The third-order valence-corrected chi connectivity index (χ3v) is 6.33. The lowest BCUT2D eigenvalue weighted by Crippen LogP contribution is -2.38. The highest BCUT2D eigenvalue weighted by atomic mass is 16.5. The molecule has 188 valence electrons. The van der Waals surface area contributed by atoms with Gasteiger partial charge in [0.15, 0.2) is 0 Å². The molecule has 6 heteroatoms. The molecular weight excluding hydrogens is 438 g/mol. The number of carbonyl (C=O) groups excluding carboxylic acids is 1. The van der Waals surface area contributed by atoms with Gasteiger partial charge in [-0.1, -0.05) is 63.8 Å². The minimum atomic E-state index is -0.370. The maximum absolute atomic E-state index is 13.8. The van der Waals surface area contributed by atoms with Gasteiger partial charge in [0.05, 0.1) is 29.2 Å². The molecule has 0 fully saturated rings.